The molecule has 0 spiro atoms. The number of nitrogens with one attached hydrogen (secondary N) is 1. The summed E-state index contributed by atoms with van der Waals surface area (Å²) < 4.78 is 5.08. The summed E-state index contributed by atoms with van der Waals surface area (Å²) in [5.74, 6) is 1.38. The number of carbonyl (C=O) groups is 1. The summed E-state index contributed by atoms with van der Waals surface area (Å²) in [5, 5.41) is 3.07. The molecule has 1 aliphatic rings. The minimum Gasteiger partial charge on any atom is -0.497 e. The van der Waals surface area contributed by atoms with E-state index in [1.807, 2.05) is 0 Å². The zero-order valence-electron chi connectivity index (χ0n) is 11.6. The molecule has 1 aliphatic carbocycles. The lowest BCUT2D eigenvalue weighted by Gasteiger charge is -2.17. The standard InChI is InChI=1S/C15H22N2O2/c1-3-11(8-10-4-5-10)17-15(18)13-7-6-12(19-2)9-14(13)16/h6-7,9-11H,3-5,8,16H2,1-2H3,(H,17,18). The molecule has 1 aromatic rings. The van der Waals surface area contributed by atoms with Crippen LogP contribution in [0.2, 0.25) is 0 Å². The number of methoxy groups -OCH3 is 1. The maximum Gasteiger partial charge on any atom is 0.253 e. The molecule has 4 heteroatoms. The summed E-state index contributed by atoms with van der Waals surface area (Å²) in [6.45, 7) is 2.10. The average molecular weight is 262 g/mol. The van der Waals surface area contributed by atoms with Gasteiger partial charge >= 0.3 is 0 Å². The molecule has 3 N–H and O–H groups in total. The number of hydrogen-bond acceptors (Lipinski definition) is 3. The van der Waals surface area contributed by atoms with E-state index >= 15 is 0 Å². The molecule has 1 saturated carbocycles. The van der Waals surface area contributed by atoms with Crippen molar-refractivity contribution in [2.24, 2.45) is 5.92 Å². The quantitative estimate of drug-likeness (QED) is 0.774. The number of anilines is 1. The molecular weight excluding hydrogens is 240 g/mol. The topological polar surface area (TPSA) is 64.3 Å². The molecule has 4 nitrogen and oxygen atoms in total. The Kier molecular flexibility index (Phi) is 4.30. The Labute approximate surface area is 114 Å². The number of ether oxygens (including phenoxy) is 1. The van der Waals surface area contributed by atoms with Crippen molar-refractivity contribution in [3.8, 4) is 5.75 Å². The van der Waals surface area contributed by atoms with Crippen LogP contribution in [0, 0.1) is 5.92 Å². The Morgan fingerprint density at radius 1 is 1.53 bits per heavy atom. The first-order valence-corrected chi connectivity index (χ1v) is 6.88. The largest absolute Gasteiger partial charge is 0.497 e. The van der Waals surface area contributed by atoms with Crippen LogP contribution in [0.1, 0.15) is 43.0 Å². The molecule has 0 aromatic heterocycles. The number of hydrogen-bond donors (Lipinski definition) is 2. The van der Waals surface area contributed by atoms with E-state index in [0.717, 1.165) is 18.8 Å². The minimum atomic E-state index is -0.0901. The Morgan fingerprint density at radius 3 is 2.79 bits per heavy atom. The van der Waals surface area contributed by atoms with Crippen LogP contribution < -0.4 is 15.8 Å². The lowest BCUT2D eigenvalue weighted by Crippen LogP contribution is -2.35. The molecule has 19 heavy (non-hydrogen) atoms. The Balaban J connectivity index is 2.01. The van der Waals surface area contributed by atoms with Gasteiger partial charge in [0.05, 0.1) is 12.7 Å². The molecule has 1 atom stereocenters. The molecule has 104 valence electrons. The van der Waals surface area contributed by atoms with E-state index in [9.17, 15) is 4.79 Å². The van der Waals surface area contributed by atoms with Gasteiger partial charge in [-0.15, -0.1) is 0 Å². The number of amides is 1. The third-order valence-electron chi connectivity index (χ3n) is 3.65. The molecule has 1 unspecified atom stereocenters. The minimum absolute atomic E-state index is 0.0901. The van der Waals surface area contributed by atoms with E-state index in [0.29, 0.717) is 17.0 Å². The van der Waals surface area contributed by atoms with Gasteiger partial charge in [0.2, 0.25) is 0 Å². The first kappa shape index (κ1) is 13.7. The molecule has 1 amide bonds. The van der Waals surface area contributed by atoms with E-state index in [1.165, 1.54) is 12.8 Å². The van der Waals surface area contributed by atoms with E-state index < -0.39 is 0 Å². The van der Waals surface area contributed by atoms with Crippen LogP contribution in [0.25, 0.3) is 0 Å². The third-order valence-corrected chi connectivity index (χ3v) is 3.65. The summed E-state index contributed by atoms with van der Waals surface area (Å²) >= 11 is 0. The summed E-state index contributed by atoms with van der Waals surface area (Å²) in [6, 6.07) is 5.40. The van der Waals surface area contributed by atoms with Gasteiger partial charge in [-0.2, -0.15) is 0 Å². The SMILES string of the molecule is CCC(CC1CC1)NC(=O)c1ccc(OC)cc1N. The normalized spacial score (nSPS) is 15.9. The van der Waals surface area contributed by atoms with Crippen LogP contribution in [0.15, 0.2) is 18.2 Å². The Hall–Kier alpha value is -1.71. The van der Waals surface area contributed by atoms with Gasteiger partial charge in [0.25, 0.3) is 5.91 Å². The second-order valence-electron chi connectivity index (χ2n) is 5.21. The van der Waals surface area contributed by atoms with Gasteiger partial charge in [-0.3, -0.25) is 4.79 Å². The number of rotatable bonds is 6. The molecule has 2 rings (SSSR count). The summed E-state index contributed by atoms with van der Waals surface area (Å²) in [5.41, 5.74) is 6.87. The van der Waals surface area contributed by atoms with Crippen molar-refractivity contribution in [1.29, 1.82) is 0 Å². The fourth-order valence-corrected chi connectivity index (χ4v) is 2.22. The van der Waals surface area contributed by atoms with E-state index in [1.54, 1.807) is 25.3 Å². The molecule has 0 bridgehead atoms. The lowest BCUT2D eigenvalue weighted by molar-refractivity contribution is 0.0933. The van der Waals surface area contributed by atoms with Gasteiger partial charge in [0.1, 0.15) is 5.75 Å². The predicted molar refractivity (Wildman–Crippen MR) is 76.3 cm³/mol. The number of carbonyl (C=O) groups excluding carboxylic acids is 1. The molecule has 0 aliphatic heterocycles. The lowest BCUT2D eigenvalue weighted by atomic mass is 10.1. The van der Waals surface area contributed by atoms with Crippen molar-refractivity contribution in [3.05, 3.63) is 23.8 Å². The Bertz CT molecular complexity index is 455. The van der Waals surface area contributed by atoms with Crippen LogP contribution in [0.5, 0.6) is 5.75 Å². The average Bonchev–Trinajstić information content (AvgIpc) is 3.21. The van der Waals surface area contributed by atoms with Crippen LogP contribution >= 0.6 is 0 Å². The molecule has 0 radical (unpaired) electrons. The smallest absolute Gasteiger partial charge is 0.253 e. The first-order valence-electron chi connectivity index (χ1n) is 6.88. The van der Waals surface area contributed by atoms with Crippen LogP contribution in [0.4, 0.5) is 5.69 Å². The van der Waals surface area contributed by atoms with E-state index in [-0.39, 0.29) is 11.9 Å². The van der Waals surface area contributed by atoms with Gasteiger partial charge in [0.15, 0.2) is 0 Å². The number of benzene rings is 1. The van der Waals surface area contributed by atoms with Crippen LogP contribution in [-0.2, 0) is 0 Å². The van der Waals surface area contributed by atoms with Crippen molar-refractivity contribution in [2.75, 3.05) is 12.8 Å². The van der Waals surface area contributed by atoms with Crippen LogP contribution in [0.3, 0.4) is 0 Å². The zero-order valence-corrected chi connectivity index (χ0v) is 11.6. The van der Waals surface area contributed by atoms with Crippen molar-refractivity contribution < 1.29 is 9.53 Å². The summed E-state index contributed by atoms with van der Waals surface area (Å²) in [4.78, 5) is 12.2. The fourth-order valence-electron chi connectivity index (χ4n) is 2.22. The van der Waals surface area contributed by atoms with Crippen LogP contribution in [-0.4, -0.2) is 19.1 Å². The zero-order chi connectivity index (χ0) is 13.8. The number of nitrogen functional groups attached to an aromatic ring is 1. The fraction of sp³-hybridized carbons (Fsp3) is 0.533. The van der Waals surface area contributed by atoms with Gasteiger partial charge < -0.3 is 15.8 Å². The van der Waals surface area contributed by atoms with Gasteiger partial charge in [0, 0.05) is 17.8 Å². The summed E-state index contributed by atoms with van der Waals surface area (Å²) in [6.07, 6.45) is 4.64. The predicted octanol–water partition coefficient (Wildman–Crippen LogP) is 2.59. The van der Waals surface area contributed by atoms with Crippen molar-refractivity contribution >= 4 is 11.6 Å². The Morgan fingerprint density at radius 2 is 2.26 bits per heavy atom. The van der Waals surface area contributed by atoms with Gasteiger partial charge in [-0.05, 0) is 30.9 Å². The monoisotopic (exact) mass is 262 g/mol. The van der Waals surface area contributed by atoms with E-state index in [4.69, 9.17) is 10.5 Å². The van der Waals surface area contributed by atoms with Crippen molar-refractivity contribution in [1.82, 2.24) is 5.32 Å². The highest BCUT2D eigenvalue weighted by Crippen LogP contribution is 2.34. The van der Waals surface area contributed by atoms with Crippen molar-refractivity contribution in [3.63, 3.8) is 0 Å². The highest BCUT2D eigenvalue weighted by atomic mass is 16.5. The van der Waals surface area contributed by atoms with E-state index in [2.05, 4.69) is 12.2 Å². The second-order valence-corrected chi connectivity index (χ2v) is 5.21. The first-order chi connectivity index (χ1) is 9.13. The third kappa shape index (κ3) is 3.63. The molecule has 1 fully saturated rings. The summed E-state index contributed by atoms with van der Waals surface area (Å²) in [7, 11) is 1.58. The maximum atomic E-state index is 12.2. The highest BCUT2D eigenvalue weighted by molar-refractivity contribution is 5.99. The van der Waals surface area contributed by atoms with Crippen molar-refractivity contribution in [2.45, 2.75) is 38.6 Å². The highest BCUT2D eigenvalue weighted by Gasteiger charge is 2.26. The molecule has 0 heterocycles. The van der Waals surface area contributed by atoms with Gasteiger partial charge in [-0.1, -0.05) is 19.8 Å². The second kappa shape index (κ2) is 5.95. The molecular formula is C15H22N2O2. The maximum absolute atomic E-state index is 12.2. The number of nitrogens with two attached hydrogens (primary N) is 1. The molecule has 1 aromatic carbocycles. The molecule has 0 saturated heterocycles. The van der Waals surface area contributed by atoms with Gasteiger partial charge in [-0.25, -0.2) is 0 Å².